The van der Waals surface area contributed by atoms with E-state index in [1.165, 1.54) is 6.20 Å². The monoisotopic (exact) mass is 678 g/mol. The van der Waals surface area contributed by atoms with E-state index >= 15 is 0 Å². The number of piperidine rings is 1. The van der Waals surface area contributed by atoms with E-state index in [-0.39, 0.29) is 33.5 Å². The molecule has 1 aliphatic heterocycles. The highest BCUT2D eigenvalue weighted by atomic mass is 35.5. The van der Waals surface area contributed by atoms with Gasteiger partial charge in [0.25, 0.3) is 0 Å². The van der Waals surface area contributed by atoms with Crippen molar-refractivity contribution in [2.75, 3.05) is 23.7 Å². The summed E-state index contributed by atoms with van der Waals surface area (Å²) in [4.78, 5) is 6.81. The minimum Gasteiger partial charge on any atom is -0.373 e. The Morgan fingerprint density at radius 2 is 1.68 bits per heavy atom. The molecular formula is C34H31Cl2F3N8. The number of pyridine rings is 1. The first-order chi connectivity index (χ1) is 22.4. The molecule has 3 aromatic carbocycles. The van der Waals surface area contributed by atoms with Crippen molar-refractivity contribution in [3.63, 3.8) is 0 Å². The van der Waals surface area contributed by atoms with Crippen LogP contribution in [0, 0.1) is 28.8 Å². The van der Waals surface area contributed by atoms with Crippen molar-refractivity contribution in [2.45, 2.75) is 51.2 Å². The summed E-state index contributed by atoms with van der Waals surface area (Å²) in [6.45, 7) is 8.58. The largest absolute Gasteiger partial charge is 0.373 e. The second kappa shape index (κ2) is 13.0. The number of aromatic nitrogens is 4. The van der Waals surface area contributed by atoms with Crippen LogP contribution < -0.4 is 10.6 Å². The smallest absolute Gasteiger partial charge is 0.161 e. The molecule has 0 amide bonds. The van der Waals surface area contributed by atoms with Gasteiger partial charge >= 0.3 is 0 Å². The van der Waals surface area contributed by atoms with Crippen LogP contribution in [0.25, 0.3) is 10.9 Å². The fourth-order valence-electron chi connectivity index (χ4n) is 5.87. The molecule has 47 heavy (non-hydrogen) atoms. The zero-order chi connectivity index (χ0) is 33.5. The molecule has 1 atom stereocenters. The minimum absolute atomic E-state index is 0.0459. The molecule has 13 heteroatoms. The van der Waals surface area contributed by atoms with Crippen LogP contribution in [0.3, 0.4) is 0 Å². The van der Waals surface area contributed by atoms with Gasteiger partial charge in [-0.25, -0.2) is 17.9 Å². The van der Waals surface area contributed by atoms with Crippen LogP contribution in [0.1, 0.15) is 62.5 Å². The summed E-state index contributed by atoms with van der Waals surface area (Å²) >= 11 is 12.9. The number of hydrogen-bond acceptors (Lipinski definition) is 7. The summed E-state index contributed by atoms with van der Waals surface area (Å²) in [5.41, 5.74) is 2.28. The van der Waals surface area contributed by atoms with Crippen LogP contribution >= 0.6 is 23.2 Å². The third-order valence-corrected chi connectivity index (χ3v) is 8.98. The molecule has 0 bridgehead atoms. The van der Waals surface area contributed by atoms with Gasteiger partial charge in [0.15, 0.2) is 11.6 Å². The number of nitrogens with one attached hydrogen (secondary N) is 2. The average molecular weight is 680 g/mol. The highest BCUT2D eigenvalue weighted by Gasteiger charge is 2.29. The maximum atomic E-state index is 14.7. The van der Waals surface area contributed by atoms with Crippen molar-refractivity contribution < 1.29 is 13.2 Å². The van der Waals surface area contributed by atoms with E-state index in [0.29, 0.717) is 39.4 Å². The Hall–Kier alpha value is -4.37. The first kappa shape index (κ1) is 32.6. The van der Waals surface area contributed by atoms with Gasteiger partial charge < -0.3 is 10.6 Å². The van der Waals surface area contributed by atoms with Crippen LogP contribution in [0.15, 0.2) is 60.9 Å². The Morgan fingerprint density at radius 3 is 2.36 bits per heavy atom. The van der Waals surface area contributed by atoms with E-state index in [9.17, 15) is 18.4 Å². The standard InChI is InChI=1S/C34H31Cl2F3N8/c1-34(2,3)46-10-8-23(9-11-46)47-18-30(44-45-47)32(19-4-6-21(35)7-5-19)42-22-12-24-31(20(16-40)17-41-33(24)25(36)13-22)43-29-15-27(38)26(37)14-28(29)39/h4-7,12-15,17-18,23,32,42H,8-11H2,1-3H3,(H,41,43)/t32-/m0/s1. The summed E-state index contributed by atoms with van der Waals surface area (Å²) in [5, 5.41) is 26.3. The van der Waals surface area contributed by atoms with E-state index in [4.69, 9.17) is 23.2 Å². The van der Waals surface area contributed by atoms with E-state index in [1.807, 2.05) is 29.1 Å². The molecule has 2 aromatic heterocycles. The number of halogens is 5. The second-order valence-corrected chi connectivity index (χ2v) is 13.4. The first-order valence-corrected chi connectivity index (χ1v) is 15.8. The molecule has 1 saturated heterocycles. The molecule has 0 aliphatic carbocycles. The van der Waals surface area contributed by atoms with Gasteiger partial charge in [-0.2, -0.15) is 5.26 Å². The summed E-state index contributed by atoms with van der Waals surface area (Å²) in [5.74, 6) is -3.61. The Kier molecular flexibility index (Phi) is 9.03. The topological polar surface area (TPSA) is 94.7 Å². The quantitative estimate of drug-likeness (QED) is 0.166. The van der Waals surface area contributed by atoms with Gasteiger partial charge in [0.2, 0.25) is 0 Å². The SMILES string of the molecule is CC(C)(C)N1CCC(n2cc([C@@H](Nc3cc(Cl)c4ncc(C#N)c(Nc5cc(F)c(F)cc5F)c4c3)c3ccc(Cl)cc3)nn2)CC1. The van der Waals surface area contributed by atoms with E-state index in [0.717, 1.165) is 31.5 Å². The van der Waals surface area contributed by atoms with Gasteiger partial charge in [0, 0.05) is 53.1 Å². The normalized spacial score (nSPS) is 15.0. The summed E-state index contributed by atoms with van der Waals surface area (Å²) < 4.78 is 44.3. The van der Waals surface area contributed by atoms with E-state index < -0.39 is 23.5 Å². The molecule has 0 radical (unpaired) electrons. The van der Waals surface area contributed by atoms with Gasteiger partial charge in [0.1, 0.15) is 17.6 Å². The lowest BCUT2D eigenvalue weighted by Gasteiger charge is -2.40. The number of fused-ring (bicyclic) bond motifs is 1. The van der Waals surface area contributed by atoms with Crippen LogP contribution in [0.5, 0.6) is 0 Å². The van der Waals surface area contributed by atoms with Crippen molar-refractivity contribution in [3.8, 4) is 6.07 Å². The molecule has 1 fully saturated rings. The van der Waals surface area contributed by atoms with Crippen LogP contribution in [0.2, 0.25) is 10.0 Å². The van der Waals surface area contributed by atoms with Crippen LogP contribution in [-0.2, 0) is 0 Å². The van der Waals surface area contributed by atoms with Crippen molar-refractivity contribution in [1.82, 2.24) is 24.9 Å². The molecule has 2 N–H and O–H groups in total. The summed E-state index contributed by atoms with van der Waals surface area (Å²) in [6.07, 6.45) is 5.12. The Balaban J connectivity index is 1.37. The maximum absolute atomic E-state index is 14.7. The van der Waals surface area contributed by atoms with Crippen molar-refractivity contribution in [1.29, 1.82) is 5.26 Å². The fourth-order valence-corrected chi connectivity index (χ4v) is 6.26. The van der Waals surface area contributed by atoms with E-state index in [1.54, 1.807) is 24.3 Å². The highest BCUT2D eigenvalue weighted by molar-refractivity contribution is 6.36. The predicted octanol–water partition coefficient (Wildman–Crippen LogP) is 8.80. The molecule has 8 nitrogen and oxygen atoms in total. The molecular weight excluding hydrogens is 648 g/mol. The number of rotatable bonds is 7. The number of hydrogen-bond donors (Lipinski definition) is 2. The zero-order valence-corrected chi connectivity index (χ0v) is 27.3. The lowest BCUT2D eigenvalue weighted by Crippen LogP contribution is -2.46. The molecule has 242 valence electrons. The average Bonchev–Trinajstić information content (AvgIpc) is 3.53. The molecule has 0 saturated carbocycles. The summed E-state index contributed by atoms with van der Waals surface area (Å²) in [7, 11) is 0. The van der Waals surface area contributed by atoms with Crippen LogP contribution in [0.4, 0.5) is 30.2 Å². The molecule has 0 spiro atoms. The summed E-state index contributed by atoms with van der Waals surface area (Å²) in [6, 6.07) is 13.6. The van der Waals surface area contributed by atoms with Gasteiger partial charge in [-0.3, -0.25) is 9.88 Å². The van der Waals surface area contributed by atoms with Gasteiger partial charge in [-0.1, -0.05) is 40.5 Å². The molecule has 3 heterocycles. The number of likely N-dealkylation sites (tertiary alicyclic amines) is 1. The lowest BCUT2D eigenvalue weighted by molar-refractivity contribution is 0.0866. The molecule has 5 aromatic rings. The fraction of sp³-hybridized carbons (Fsp3) is 0.294. The third kappa shape index (κ3) is 6.86. The molecule has 1 aliphatic rings. The minimum atomic E-state index is -1.33. The third-order valence-electron chi connectivity index (χ3n) is 8.44. The number of nitriles is 1. The van der Waals surface area contributed by atoms with Gasteiger partial charge in [-0.15, -0.1) is 5.10 Å². The first-order valence-electron chi connectivity index (χ1n) is 15.0. The van der Waals surface area contributed by atoms with Gasteiger partial charge in [0.05, 0.1) is 45.8 Å². The van der Waals surface area contributed by atoms with Crippen molar-refractivity contribution >= 4 is 51.2 Å². The Bertz CT molecular complexity index is 1980. The van der Waals surface area contributed by atoms with Crippen LogP contribution in [-0.4, -0.2) is 43.5 Å². The van der Waals surface area contributed by atoms with Crippen molar-refractivity contribution in [3.05, 3.63) is 105 Å². The van der Waals surface area contributed by atoms with E-state index in [2.05, 4.69) is 51.6 Å². The number of anilines is 3. The Labute approximate surface area is 280 Å². The van der Waals surface area contributed by atoms with Gasteiger partial charge in [-0.05, 0) is 63.4 Å². The molecule has 6 rings (SSSR count). The van der Waals surface area contributed by atoms with Crippen molar-refractivity contribution in [2.24, 2.45) is 0 Å². The lowest BCUT2D eigenvalue weighted by atomic mass is 9.98. The highest BCUT2D eigenvalue weighted by Crippen LogP contribution is 2.38. The zero-order valence-electron chi connectivity index (χ0n) is 25.8. The molecule has 0 unspecified atom stereocenters. The predicted molar refractivity (Wildman–Crippen MR) is 178 cm³/mol. The maximum Gasteiger partial charge on any atom is 0.161 e. The number of benzene rings is 3. The second-order valence-electron chi connectivity index (χ2n) is 12.5. The Morgan fingerprint density at radius 1 is 0.979 bits per heavy atom. The number of nitrogens with zero attached hydrogens (tertiary/aromatic N) is 6.